The number of aromatic nitrogens is 2. The minimum Gasteiger partial charge on any atom is -0.270 e. The maximum absolute atomic E-state index is 11.1. The van der Waals surface area contributed by atoms with E-state index in [1.807, 2.05) is 24.6 Å². The lowest BCUT2D eigenvalue weighted by Crippen LogP contribution is -2.27. The van der Waals surface area contributed by atoms with Gasteiger partial charge in [-0.3, -0.25) is 4.68 Å². The lowest BCUT2D eigenvalue weighted by Gasteiger charge is -2.05. The van der Waals surface area contributed by atoms with Crippen molar-refractivity contribution < 1.29 is 8.42 Å². The first-order valence-corrected chi connectivity index (χ1v) is 7.08. The van der Waals surface area contributed by atoms with E-state index in [1.54, 1.807) is 6.92 Å². The fourth-order valence-electron chi connectivity index (χ4n) is 1.46. The Kier molecular flexibility index (Phi) is 4.49. The summed E-state index contributed by atoms with van der Waals surface area (Å²) in [5, 5.41) is 4.30. The molecule has 0 fully saturated rings. The lowest BCUT2D eigenvalue weighted by atomic mass is 10.4. The van der Waals surface area contributed by atoms with Crippen LogP contribution in [0.4, 0.5) is 0 Å². The molecular formula is C10H19N3O2S. The number of hydrogen-bond acceptors (Lipinski definition) is 3. The zero-order valence-electron chi connectivity index (χ0n) is 10.0. The molecule has 0 amide bonds. The first kappa shape index (κ1) is 13.2. The smallest absolute Gasteiger partial charge is 0.211 e. The van der Waals surface area contributed by atoms with Crippen molar-refractivity contribution in [2.24, 2.45) is 0 Å². The van der Waals surface area contributed by atoms with Gasteiger partial charge in [-0.15, -0.1) is 0 Å². The summed E-state index contributed by atoms with van der Waals surface area (Å²) in [6.45, 7) is 6.78. The Morgan fingerprint density at radius 1 is 1.44 bits per heavy atom. The number of nitrogens with one attached hydrogen (secondary N) is 1. The molecule has 0 radical (unpaired) electrons. The van der Waals surface area contributed by atoms with E-state index in [9.17, 15) is 8.42 Å². The maximum atomic E-state index is 11.1. The summed E-state index contributed by atoms with van der Waals surface area (Å²) in [7, 11) is -3.06. The largest absolute Gasteiger partial charge is 0.270 e. The molecule has 1 aromatic heterocycles. The number of rotatable bonds is 6. The molecule has 0 spiro atoms. The Morgan fingerprint density at radius 3 is 2.62 bits per heavy atom. The van der Waals surface area contributed by atoms with E-state index >= 15 is 0 Å². The minimum absolute atomic E-state index is 0.132. The fraction of sp³-hybridized carbons (Fsp3) is 0.700. The van der Waals surface area contributed by atoms with Crippen LogP contribution < -0.4 is 4.72 Å². The molecule has 0 aliphatic heterocycles. The van der Waals surface area contributed by atoms with Crippen LogP contribution in [0.1, 0.15) is 24.7 Å². The summed E-state index contributed by atoms with van der Waals surface area (Å²) < 4.78 is 26.7. The third kappa shape index (κ3) is 3.94. The normalized spacial score (nSPS) is 11.9. The number of aryl methyl sites for hydroxylation is 3. The molecule has 0 aromatic carbocycles. The van der Waals surface area contributed by atoms with Crippen molar-refractivity contribution in [2.75, 3.05) is 12.3 Å². The molecule has 0 saturated carbocycles. The standard InChI is InChI=1S/C10H19N3O2S/c1-4-16(14,15)11-6-5-7-13-10(3)8-9(2)12-13/h8,11H,4-7H2,1-3H3. The summed E-state index contributed by atoms with van der Waals surface area (Å²) in [6, 6.07) is 2.01. The summed E-state index contributed by atoms with van der Waals surface area (Å²) in [4.78, 5) is 0. The highest BCUT2D eigenvalue weighted by atomic mass is 32.2. The van der Waals surface area contributed by atoms with Gasteiger partial charge in [-0.05, 0) is 33.3 Å². The zero-order valence-corrected chi connectivity index (χ0v) is 10.8. The van der Waals surface area contributed by atoms with E-state index < -0.39 is 10.0 Å². The maximum Gasteiger partial charge on any atom is 0.211 e. The van der Waals surface area contributed by atoms with Gasteiger partial charge in [0.2, 0.25) is 10.0 Å². The molecule has 1 rings (SSSR count). The number of hydrogen-bond donors (Lipinski definition) is 1. The van der Waals surface area contributed by atoms with Gasteiger partial charge in [0.15, 0.2) is 0 Å². The van der Waals surface area contributed by atoms with Crippen LogP contribution in [-0.2, 0) is 16.6 Å². The quantitative estimate of drug-likeness (QED) is 0.755. The monoisotopic (exact) mass is 245 g/mol. The van der Waals surface area contributed by atoms with Crippen molar-refractivity contribution in [1.82, 2.24) is 14.5 Å². The van der Waals surface area contributed by atoms with Gasteiger partial charge in [0.25, 0.3) is 0 Å². The van der Waals surface area contributed by atoms with Crippen molar-refractivity contribution in [3.8, 4) is 0 Å². The molecule has 1 N–H and O–H groups in total. The average Bonchev–Trinajstić information content (AvgIpc) is 2.52. The molecule has 5 nitrogen and oxygen atoms in total. The van der Waals surface area contributed by atoms with Crippen molar-refractivity contribution >= 4 is 10.0 Å². The SMILES string of the molecule is CCS(=O)(=O)NCCCn1nc(C)cc1C. The van der Waals surface area contributed by atoms with Crippen LogP contribution in [0.5, 0.6) is 0 Å². The molecule has 16 heavy (non-hydrogen) atoms. The molecule has 0 bridgehead atoms. The second kappa shape index (κ2) is 5.45. The lowest BCUT2D eigenvalue weighted by molar-refractivity contribution is 0.544. The molecule has 6 heteroatoms. The highest BCUT2D eigenvalue weighted by Crippen LogP contribution is 2.02. The number of nitrogens with zero attached hydrogens (tertiary/aromatic N) is 2. The van der Waals surface area contributed by atoms with Crippen LogP contribution in [0, 0.1) is 13.8 Å². The van der Waals surface area contributed by atoms with Crippen molar-refractivity contribution in [3.63, 3.8) is 0 Å². The van der Waals surface area contributed by atoms with Crippen LogP contribution >= 0.6 is 0 Å². The molecule has 1 heterocycles. The van der Waals surface area contributed by atoms with Gasteiger partial charge < -0.3 is 0 Å². The van der Waals surface area contributed by atoms with E-state index in [2.05, 4.69) is 9.82 Å². The Bertz CT molecular complexity index is 437. The second-order valence-electron chi connectivity index (χ2n) is 3.80. The van der Waals surface area contributed by atoms with Crippen LogP contribution in [0.25, 0.3) is 0 Å². The summed E-state index contributed by atoms with van der Waals surface area (Å²) in [5.41, 5.74) is 2.10. The Hall–Kier alpha value is -0.880. The number of sulfonamides is 1. The van der Waals surface area contributed by atoms with Gasteiger partial charge in [-0.25, -0.2) is 13.1 Å². The van der Waals surface area contributed by atoms with Gasteiger partial charge in [0.1, 0.15) is 0 Å². The van der Waals surface area contributed by atoms with E-state index in [0.29, 0.717) is 6.54 Å². The summed E-state index contributed by atoms with van der Waals surface area (Å²) in [6.07, 6.45) is 0.751. The van der Waals surface area contributed by atoms with Crippen LogP contribution in [-0.4, -0.2) is 30.5 Å². The predicted octanol–water partition coefficient (Wildman–Crippen LogP) is 0.829. The van der Waals surface area contributed by atoms with Gasteiger partial charge in [0.05, 0.1) is 11.4 Å². The Morgan fingerprint density at radius 2 is 2.12 bits per heavy atom. The predicted molar refractivity (Wildman–Crippen MR) is 63.8 cm³/mol. The summed E-state index contributed by atoms with van der Waals surface area (Å²) >= 11 is 0. The van der Waals surface area contributed by atoms with Gasteiger partial charge in [-0.1, -0.05) is 0 Å². The van der Waals surface area contributed by atoms with Crippen LogP contribution in [0.15, 0.2) is 6.07 Å². The van der Waals surface area contributed by atoms with Crippen molar-refractivity contribution in [2.45, 2.75) is 33.7 Å². The minimum atomic E-state index is -3.06. The highest BCUT2D eigenvalue weighted by Gasteiger charge is 2.05. The topological polar surface area (TPSA) is 64.0 Å². The van der Waals surface area contributed by atoms with Gasteiger partial charge >= 0.3 is 0 Å². The fourth-order valence-corrected chi connectivity index (χ4v) is 2.12. The van der Waals surface area contributed by atoms with Crippen LogP contribution in [0.2, 0.25) is 0 Å². The van der Waals surface area contributed by atoms with Gasteiger partial charge in [0, 0.05) is 18.8 Å². The molecule has 0 aliphatic carbocycles. The zero-order chi connectivity index (χ0) is 12.2. The van der Waals surface area contributed by atoms with E-state index in [4.69, 9.17) is 0 Å². The molecule has 0 saturated heterocycles. The molecule has 0 aliphatic rings. The third-order valence-corrected chi connectivity index (χ3v) is 3.76. The molecule has 92 valence electrons. The first-order chi connectivity index (χ1) is 7.44. The Labute approximate surface area is 96.9 Å². The van der Waals surface area contributed by atoms with E-state index in [1.165, 1.54) is 0 Å². The second-order valence-corrected chi connectivity index (χ2v) is 5.90. The highest BCUT2D eigenvalue weighted by molar-refractivity contribution is 7.89. The summed E-state index contributed by atoms with van der Waals surface area (Å²) in [5.74, 6) is 0.132. The molecular weight excluding hydrogens is 226 g/mol. The van der Waals surface area contributed by atoms with Gasteiger partial charge in [-0.2, -0.15) is 5.10 Å². The van der Waals surface area contributed by atoms with E-state index in [0.717, 1.165) is 24.4 Å². The van der Waals surface area contributed by atoms with Crippen molar-refractivity contribution in [1.29, 1.82) is 0 Å². The van der Waals surface area contributed by atoms with E-state index in [-0.39, 0.29) is 5.75 Å². The first-order valence-electron chi connectivity index (χ1n) is 5.43. The third-order valence-electron chi connectivity index (χ3n) is 2.35. The van der Waals surface area contributed by atoms with Crippen LogP contribution in [0.3, 0.4) is 0 Å². The molecule has 0 atom stereocenters. The average molecular weight is 245 g/mol. The van der Waals surface area contributed by atoms with Crippen molar-refractivity contribution in [3.05, 3.63) is 17.5 Å². The molecule has 1 aromatic rings. The molecule has 0 unspecified atom stereocenters. The Balaban J connectivity index is 2.34.